The number of carbonyl (C=O) groups is 2. The van der Waals surface area contributed by atoms with E-state index in [1.165, 1.54) is 10.5 Å². The first-order valence-corrected chi connectivity index (χ1v) is 12.9. The Morgan fingerprint density at radius 1 is 0.886 bits per heavy atom. The van der Waals surface area contributed by atoms with E-state index in [-0.39, 0.29) is 17.7 Å². The molecule has 0 atom stereocenters. The quantitative estimate of drug-likeness (QED) is 0.243. The smallest absolute Gasteiger partial charge is 0.293 e. The Morgan fingerprint density at radius 2 is 1.69 bits per heavy atom. The van der Waals surface area contributed by atoms with Crippen molar-refractivity contribution >= 4 is 63.1 Å². The summed E-state index contributed by atoms with van der Waals surface area (Å²) in [6.45, 7) is 3.00. The number of fused-ring (bicyclic) bond motifs is 1. The first kappa shape index (κ1) is 23.7. The summed E-state index contributed by atoms with van der Waals surface area (Å²) in [5.74, 6) is -0.263. The van der Waals surface area contributed by atoms with Crippen molar-refractivity contribution in [3.63, 3.8) is 0 Å². The number of nitrogens with zero attached hydrogens (tertiary/aromatic N) is 2. The van der Waals surface area contributed by atoms with Gasteiger partial charge in [-0.25, -0.2) is 0 Å². The summed E-state index contributed by atoms with van der Waals surface area (Å²) in [5.41, 5.74) is 5.16. The van der Waals surface area contributed by atoms with Crippen molar-refractivity contribution in [2.75, 3.05) is 0 Å². The first-order chi connectivity index (χ1) is 16.9. The number of amides is 2. The highest BCUT2D eigenvalue weighted by atomic mass is 35.5. The fourth-order valence-corrected chi connectivity index (χ4v) is 5.52. The maximum absolute atomic E-state index is 13.1. The van der Waals surface area contributed by atoms with Crippen LogP contribution in [-0.2, 0) is 24.3 Å². The molecule has 0 saturated carbocycles. The number of para-hydroxylation sites is 1. The van der Waals surface area contributed by atoms with Gasteiger partial charge in [-0.1, -0.05) is 84.7 Å². The molecule has 1 aliphatic heterocycles. The molecular weight excluding hydrogens is 499 g/mol. The van der Waals surface area contributed by atoms with Gasteiger partial charge in [-0.3, -0.25) is 14.5 Å². The van der Waals surface area contributed by atoms with Gasteiger partial charge in [0.15, 0.2) is 0 Å². The number of aryl methyl sites for hydroxylation is 1. The molecule has 7 heteroatoms. The molecule has 0 aliphatic carbocycles. The molecule has 35 heavy (non-hydrogen) atoms. The van der Waals surface area contributed by atoms with Crippen molar-refractivity contribution < 1.29 is 9.59 Å². The van der Waals surface area contributed by atoms with Crippen LogP contribution in [0.4, 0.5) is 4.79 Å². The molecule has 4 nitrogen and oxygen atoms in total. The van der Waals surface area contributed by atoms with Crippen LogP contribution in [0, 0.1) is 0 Å². The minimum atomic E-state index is -0.263. The average Bonchev–Trinajstić information content (AvgIpc) is 3.34. The maximum atomic E-state index is 13.1. The van der Waals surface area contributed by atoms with Gasteiger partial charge in [-0.2, -0.15) is 0 Å². The number of rotatable bonds is 6. The summed E-state index contributed by atoms with van der Waals surface area (Å²) >= 11 is 13.3. The highest BCUT2D eigenvalue weighted by Crippen LogP contribution is 2.36. The van der Waals surface area contributed by atoms with Crippen LogP contribution in [0.1, 0.15) is 29.2 Å². The van der Waals surface area contributed by atoms with E-state index >= 15 is 0 Å². The molecule has 1 saturated heterocycles. The summed E-state index contributed by atoms with van der Waals surface area (Å²) < 4.78 is 2.17. The minimum absolute atomic E-state index is 0.251. The third-order valence-electron chi connectivity index (χ3n) is 6.07. The number of halogens is 2. The Morgan fingerprint density at radius 3 is 2.43 bits per heavy atom. The minimum Gasteiger partial charge on any atom is -0.342 e. The molecule has 1 fully saturated rings. The van der Waals surface area contributed by atoms with Crippen LogP contribution >= 0.6 is 35.0 Å². The molecule has 0 unspecified atom stereocenters. The lowest BCUT2D eigenvalue weighted by Crippen LogP contribution is -2.27. The largest absolute Gasteiger partial charge is 0.342 e. The Kier molecular flexibility index (Phi) is 6.74. The molecule has 0 N–H and O–H groups in total. The fraction of sp³-hybridized carbons (Fsp3) is 0.143. The van der Waals surface area contributed by atoms with E-state index in [1.807, 2.05) is 60.8 Å². The second-order valence-electron chi connectivity index (χ2n) is 8.38. The SMILES string of the molecule is CCc1cccc2c(/C=C3\SC(=O)N(Cc4ccccc4)C3=O)cn(Cc3ccc(Cl)c(Cl)c3)c12. The number of carbonyl (C=O) groups excluding carboxylic acids is 2. The second-order valence-corrected chi connectivity index (χ2v) is 10.2. The van der Waals surface area contributed by atoms with Crippen LogP contribution in [0.15, 0.2) is 77.8 Å². The van der Waals surface area contributed by atoms with E-state index < -0.39 is 0 Å². The van der Waals surface area contributed by atoms with Gasteiger partial charge < -0.3 is 4.57 Å². The van der Waals surface area contributed by atoms with Crippen LogP contribution in [0.3, 0.4) is 0 Å². The summed E-state index contributed by atoms with van der Waals surface area (Å²) in [5, 5.41) is 1.83. The standard InChI is InChI=1S/C28H22Cl2N2O2S/c1-2-20-9-6-10-22-21(17-31(26(20)22)15-19-11-12-23(29)24(30)13-19)14-25-27(33)32(28(34)35-25)16-18-7-4-3-5-8-18/h3-14,17H,2,15-16H2,1H3/b25-14-. The predicted octanol–water partition coefficient (Wildman–Crippen LogP) is 7.80. The molecule has 4 aromatic rings. The molecule has 1 aliphatic rings. The van der Waals surface area contributed by atoms with E-state index in [0.717, 1.165) is 45.8 Å². The maximum Gasteiger partial charge on any atom is 0.293 e. The zero-order valence-electron chi connectivity index (χ0n) is 19.0. The molecule has 0 bridgehead atoms. The van der Waals surface area contributed by atoms with Crippen LogP contribution in [0.25, 0.3) is 17.0 Å². The van der Waals surface area contributed by atoms with Crippen molar-refractivity contribution in [3.8, 4) is 0 Å². The Labute approximate surface area is 218 Å². The number of thioether (sulfide) groups is 1. The number of aromatic nitrogens is 1. The lowest BCUT2D eigenvalue weighted by molar-refractivity contribution is -0.123. The van der Waals surface area contributed by atoms with Gasteiger partial charge in [0.1, 0.15) is 0 Å². The van der Waals surface area contributed by atoms with Crippen molar-refractivity contribution in [1.82, 2.24) is 9.47 Å². The summed E-state index contributed by atoms with van der Waals surface area (Å²) in [6.07, 6.45) is 4.75. The van der Waals surface area contributed by atoms with Crippen LogP contribution < -0.4 is 0 Å². The molecular formula is C28H22Cl2N2O2S. The van der Waals surface area contributed by atoms with Crippen LogP contribution in [0.2, 0.25) is 10.0 Å². The lowest BCUT2D eigenvalue weighted by Gasteiger charge is -2.12. The third kappa shape index (κ3) is 4.76. The van der Waals surface area contributed by atoms with Gasteiger partial charge in [-0.15, -0.1) is 0 Å². The number of benzene rings is 3. The topological polar surface area (TPSA) is 42.3 Å². The number of hydrogen-bond donors (Lipinski definition) is 0. The fourth-order valence-electron chi connectivity index (χ4n) is 4.37. The molecule has 2 amide bonds. The van der Waals surface area contributed by atoms with E-state index in [1.54, 1.807) is 6.07 Å². The average molecular weight is 521 g/mol. The lowest BCUT2D eigenvalue weighted by atomic mass is 10.1. The molecule has 1 aromatic heterocycles. The van der Waals surface area contributed by atoms with Crippen molar-refractivity contribution in [2.24, 2.45) is 0 Å². The van der Waals surface area contributed by atoms with Gasteiger partial charge in [-0.05, 0) is 53.1 Å². The van der Waals surface area contributed by atoms with Gasteiger partial charge in [0.25, 0.3) is 11.1 Å². The number of hydrogen-bond acceptors (Lipinski definition) is 3. The highest BCUT2D eigenvalue weighted by molar-refractivity contribution is 8.18. The summed E-state index contributed by atoms with van der Waals surface area (Å²) in [6, 6.07) is 21.4. The zero-order chi connectivity index (χ0) is 24.5. The molecule has 5 rings (SSSR count). The second kappa shape index (κ2) is 9.94. The van der Waals surface area contributed by atoms with E-state index in [0.29, 0.717) is 21.5 Å². The van der Waals surface area contributed by atoms with Crippen molar-refractivity contribution in [1.29, 1.82) is 0 Å². The summed E-state index contributed by atoms with van der Waals surface area (Å²) in [7, 11) is 0. The first-order valence-electron chi connectivity index (χ1n) is 11.3. The Bertz CT molecular complexity index is 1480. The molecule has 0 spiro atoms. The highest BCUT2D eigenvalue weighted by Gasteiger charge is 2.35. The van der Waals surface area contributed by atoms with Gasteiger partial charge in [0.2, 0.25) is 0 Å². The van der Waals surface area contributed by atoms with Gasteiger partial charge in [0, 0.05) is 23.7 Å². The normalized spacial score (nSPS) is 15.1. The number of imide groups is 1. The van der Waals surface area contributed by atoms with Gasteiger partial charge >= 0.3 is 0 Å². The van der Waals surface area contributed by atoms with E-state index in [9.17, 15) is 9.59 Å². The monoisotopic (exact) mass is 520 g/mol. The zero-order valence-corrected chi connectivity index (χ0v) is 21.3. The van der Waals surface area contributed by atoms with E-state index in [2.05, 4.69) is 23.6 Å². The Balaban J connectivity index is 1.52. The molecule has 0 radical (unpaired) electrons. The van der Waals surface area contributed by atoms with Gasteiger partial charge in [0.05, 0.1) is 27.0 Å². The van der Waals surface area contributed by atoms with Crippen LogP contribution in [-0.4, -0.2) is 20.6 Å². The van der Waals surface area contributed by atoms with Crippen molar-refractivity contribution in [2.45, 2.75) is 26.4 Å². The molecule has 176 valence electrons. The third-order valence-corrected chi connectivity index (χ3v) is 7.72. The summed E-state index contributed by atoms with van der Waals surface area (Å²) in [4.78, 5) is 27.5. The Hall–Kier alpha value is -2.99. The predicted molar refractivity (Wildman–Crippen MR) is 145 cm³/mol. The van der Waals surface area contributed by atoms with Crippen molar-refractivity contribution in [3.05, 3.63) is 110 Å². The van der Waals surface area contributed by atoms with Crippen LogP contribution in [0.5, 0.6) is 0 Å². The molecule has 3 aromatic carbocycles. The van der Waals surface area contributed by atoms with E-state index in [4.69, 9.17) is 23.2 Å². The molecule has 2 heterocycles.